The Kier molecular flexibility index (Phi) is 5.71. The van der Waals surface area contributed by atoms with Crippen molar-refractivity contribution in [3.8, 4) is 0 Å². The van der Waals surface area contributed by atoms with Crippen molar-refractivity contribution in [1.29, 1.82) is 0 Å². The fourth-order valence-electron chi connectivity index (χ4n) is 3.57. The fourth-order valence-corrected chi connectivity index (χ4v) is 3.90. The summed E-state index contributed by atoms with van der Waals surface area (Å²) < 4.78 is 0. The second-order valence-corrected chi connectivity index (χ2v) is 8.03. The van der Waals surface area contributed by atoms with Gasteiger partial charge in [0.05, 0.1) is 0 Å². The Labute approximate surface area is 187 Å². The first-order valence-electron chi connectivity index (χ1n) is 9.47. The summed E-state index contributed by atoms with van der Waals surface area (Å²) in [6, 6.07) is 10.9. The number of carbonyl (C=O) groups excluding carboxylic acids is 4. The number of thiocarbonyl (C=S) groups is 1. The average molecular weight is 457 g/mol. The molecule has 4 rings (SSSR count). The van der Waals surface area contributed by atoms with Gasteiger partial charge in [0.15, 0.2) is 5.11 Å². The highest BCUT2D eigenvalue weighted by Crippen LogP contribution is 2.28. The lowest BCUT2D eigenvalue weighted by molar-refractivity contribution is -0.136. The highest BCUT2D eigenvalue weighted by Gasteiger charge is 2.39. The standard InChI is InChI=1S/C21H17ClN4O4S/c22-13-3-5-14(6-4-13)23-21(31)25-18(28)11-1-2-12-10-26(20(30)15(12)9-11)16-7-8-17(27)24-19(16)29/h1-6,9,16H,7-8,10H2,(H,24,27,29)(H2,23,25,28,31). The second-order valence-electron chi connectivity index (χ2n) is 7.19. The Morgan fingerprint density at radius 3 is 2.58 bits per heavy atom. The third-order valence-corrected chi connectivity index (χ3v) is 5.58. The van der Waals surface area contributed by atoms with Crippen molar-refractivity contribution in [3.05, 3.63) is 64.2 Å². The van der Waals surface area contributed by atoms with Crippen LogP contribution < -0.4 is 16.0 Å². The zero-order valence-electron chi connectivity index (χ0n) is 16.1. The van der Waals surface area contributed by atoms with E-state index in [0.717, 1.165) is 0 Å². The van der Waals surface area contributed by atoms with Gasteiger partial charge in [0.25, 0.3) is 11.8 Å². The van der Waals surface area contributed by atoms with Crippen molar-refractivity contribution in [3.63, 3.8) is 0 Å². The second kappa shape index (κ2) is 8.44. The zero-order valence-corrected chi connectivity index (χ0v) is 17.7. The molecular formula is C21H17ClN4O4S. The Morgan fingerprint density at radius 1 is 1.13 bits per heavy atom. The molecule has 1 fully saturated rings. The number of piperidine rings is 1. The Balaban J connectivity index is 1.44. The molecule has 8 nitrogen and oxygen atoms in total. The topological polar surface area (TPSA) is 108 Å². The molecule has 0 saturated carbocycles. The highest BCUT2D eigenvalue weighted by molar-refractivity contribution is 7.80. The third kappa shape index (κ3) is 4.42. The van der Waals surface area contributed by atoms with E-state index in [1.807, 2.05) is 0 Å². The molecular weight excluding hydrogens is 440 g/mol. The van der Waals surface area contributed by atoms with Gasteiger partial charge >= 0.3 is 0 Å². The molecule has 2 heterocycles. The molecule has 1 atom stereocenters. The van der Waals surface area contributed by atoms with E-state index in [1.54, 1.807) is 36.4 Å². The molecule has 10 heteroatoms. The van der Waals surface area contributed by atoms with Gasteiger partial charge in [-0.15, -0.1) is 0 Å². The number of halogens is 1. The van der Waals surface area contributed by atoms with E-state index in [1.165, 1.54) is 11.0 Å². The zero-order chi connectivity index (χ0) is 22.1. The quantitative estimate of drug-likeness (QED) is 0.483. The summed E-state index contributed by atoms with van der Waals surface area (Å²) in [5.74, 6) is -1.64. The summed E-state index contributed by atoms with van der Waals surface area (Å²) in [5, 5.41) is 8.40. The van der Waals surface area contributed by atoms with E-state index in [2.05, 4.69) is 16.0 Å². The Bertz CT molecular complexity index is 1120. The minimum Gasteiger partial charge on any atom is -0.332 e. The summed E-state index contributed by atoms with van der Waals surface area (Å²) in [4.78, 5) is 50.4. The van der Waals surface area contributed by atoms with Crippen LogP contribution >= 0.6 is 23.8 Å². The van der Waals surface area contributed by atoms with Gasteiger partial charge in [-0.25, -0.2) is 0 Å². The molecule has 31 heavy (non-hydrogen) atoms. The summed E-state index contributed by atoms with van der Waals surface area (Å²) in [5.41, 5.74) is 2.00. The first-order valence-corrected chi connectivity index (χ1v) is 10.3. The molecule has 0 aromatic heterocycles. The number of carbonyl (C=O) groups is 4. The highest BCUT2D eigenvalue weighted by atomic mass is 35.5. The number of fused-ring (bicyclic) bond motifs is 1. The number of imide groups is 1. The van der Waals surface area contributed by atoms with Gasteiger partial charge in [-0.3, -0.25) is 29.8 Å². The van der Waals surface area contributed by atoms with Crippen molar-refractivity contribution in [1.82, 2.24) is 15.5 Å². The van der Waals surface area contributed by atoms with E-state index in [9.17, 15) is 19.2 Å². The first kappa shape index (κ1) is 21.0. The van der Waals surface area contributed by atoms with E-state index in [4.69, 9.17) is 23.8 Å². The third-order valence-electron chi connectivity index (χ3n) is 5.12. The lowest BCUT2D eigenvalue weighted by atomic mass is 10.0. The predicted octanol–water partition coefficient (Wildman–Crippen LogP) is 2.23. The van der Waals surface area contributed by atoms with Gasteiger partial charge in [0, 0.05) is 34.8 Å². The van der Waals surface area contributed by atoms with Crippen LogP contribution in [0.2, 0.25) is 5.02 Å². The number of amides is 4. The number of hydrogen-bond acceptors (Lipinski definition) is 5. The smallest absolute Gasteiger partial charge is 0.257 e. The normalized spacial score (nSPS) is 17.8. The molecule has 2 aliphatic rings. The number of anilines is 1. The van der Waals surface area contributed by atoms with Gasteiger partial charge < -0.3 is 10.2 Å². The van der Waals surface area contributed by atoms with Crippen LogP contribution in [0, 0.1) is 0 Å². The number of nitrogens with zero attached hydrogens (tertiary/aromatic N) is 1. The van der Waals surface area contributed by atoms with Crippen molar-refractivity contribution in [2.24, 2.45) is 0 Å². The van der Waals surface area contributed by atoms with Crippen LogP contribution in [0.15, 0.2) is 42.5 Å². The summed E-state index contributed by atoms with van der Waals surface area (Å²) in [6.07, 6.45) is 0.463. The van der Waals surface area contributed by atoms with E-state index in [-0.39, 0.29) is 41.9 Å². The molecule has 158 valence electrons. The van der Waals surface area contributed by atoms with E-state index >= 15 is 0 Å². The van der Waals surface area contributed by atoms with Crippen molar-refractivity contribution in [2.75, 3.05) is 5.32 Å². The van der Waals surface area contributed by atoms with Crippen LogP contribution in [0.1, 0.15) is 39.1 Å². The van der Waals surface area contributed by atoms with Gasteiger partial charge in [-0.1, -0.05) is 17.7 Å². The number of benzene rings is 2. The van der Waals surface area contributed by atoms with Crippen molar-refractivity contribution in [2.45, 2.75) is 25.4 Å². The summed E-state index contributed by atoms with van der Waals surface area (Å²) in [7, 11) is 0. The van der Waals surface area contributed by atoms with Gasteiger partial charge in [-0.05, 0) is 60.6 Å². The first-order chi connectivity index (χ1) is 14.8. The van der Waals surface area contributed by atoms with Crippen LogP contribution in [0.3, 0.4) is 0 Å². The summed E-state index contributed by atoms with van der Waals surface area (Å²) in [6.45, 7) is 0.249. The minimum absolute atomic E-state index is 0.101. The van der Waals surface area contributed by atoms with Crippen LogP contribution in [0.25, 0.3) is 0 Å². The van der Waals surface area contributed by atoms with Gasteiger partial charge in [-0.2, -0.15) is 0 Å². The molecule has 2 aromatic carbocycles. The van der Waals surface area contributed by atoms with Crippen LogP contribution in [0.4, 0.5) is 5.69 Å². The largest absolute Gasteiger partial charge is 0.332 e. The molecule has 1 saturated heterocycles. The summed E-state index contributed by atoms with van der Waals surface area (Å²) >= 11 is 11.0. The molecule has 0 aliphatic carbocycles. The van der Waals surface area contributed by atoms with Gasteiger partial charge in [0.2, 0.25) is 11.8 Å². The average Bonchev–Trinajstić information content (AvgIpc) is 3.05. The molecule has 0 bridgehead atoms. The molecule has 0 spiro atoms. The molecule has 4 amide bonds. The monoisotopic (exact) mass is 456 g/mol. The van der Waals surface area contributed by atoms with E-state index < -0.39 is 17.9 Å². The Morgan fingerprint density at radius 2 is 1.87 bits per heavy atom. The van der Waals surface area contributed by atoms with Crippen LogP contribution in [-0.2, 0) is 16.1 Å². The lowest BCUT2D eigenvalue weighted by Gasteiger charge is -2.29. The lowest BCUT2D eigenvalue weighted by Crippen LogP contribution is -2.52. The van der Waals surface area contributed by atoms with Crippen LogP contribution in [0.5, 0.6) is 0 Å². The van der Waals surface area contributed by atoms with Crippen molar-refractivity contribution >= 4 is 58.2 Å². The molecule has 1 unspecified atom stereocenters. The van der Waals surface area contributed by atoms with Gasteiger partial charge in [0.1, 0.15) is 6.04 Å². The molecule has 3 N–H and O–H groups in total. The maximum Gasteiger partial charge on any atom is 0.257 e. The fraction of sp³-hybridized carbons (Fsp3) is 0.190. The maximum atomic E-state index is 12.9. The van der Waals surface area contributed by atoms with E-state index in [0.29, 0.717) is 21.8 Å². The molecule has 2 aromatic rings. The molecule has 0 radical (unpaired) electrons. The Hall–Kier alpha value is -3.30. The number of rotatable bonds is 3. The number of hydrogen-bond donors (Lipinski definition) is 3. The minimum atomic E-state index is -0.703. The maximum absolute atomic E-state index is 12.9. The van der Waals surface area contributed by atoms with Crippen LogP contribution in [-0.4, -0.2) is 39.7 Å². The molecule has 2 aliphatic heterocycles. The van der Waals surface area contributed by atoms with Crippen molar-refractivity contribution < 1.29 is 19.2 Å². The number of nitrogens with one attached hydrogen (secondary N) is 3. The SMILES string of the molecule is O=C1CCC(N2Cc3ccc(C(=O)NC(=S)Nc4ccc(Cl)cc4)cc3C2=O)C(=O)N1. The predicted molar refractivity (Wildman–Crippen MR) is 118 cm³/mol.